The smallest absolute Gasteiger partial charge is 0.141 e. The van der Waals surface area contributed by atoms with Crippen molar-refractivity contribution in [1.82, 2.24) is 9.55 Å². The van der Waals surface area contributed by atoms with E-state index in [-0.39, 0.29) is 11.5 Å². The van der Waals surface area contributed by atoms with Gasteiger partial charge in [0.15, 0.2) is 0 Å². The molecule has 0 saturated heterocycles. The normalized spacial score (nSPS) is 34.2. The Morgan fingerprint density at radius 3 is 2.75 bits per heavy atom. The van der Waals surface area contributed by atoms with Crippen molar-refractivity contribution < 1.29 is 4.79 Å². The molecule has 3 saturated carbocycles. The van der Waals surface area contributed by atoms with E-state index in [1.807, 2.05) is 12.5 Å². The average Bonchev–Trinajstić information content (AvgIpc) is 3.46. The number of fused-ring (bicyclic) bond motifs is 5. The number of aromatic nitrogens is 2. The van der Waals surface area contributed by atoms with Crippen LogP contribution in [0.5, 0.6) is 0 Å². The Morgan fingerprint density at radius 1 is 1.00 bits per heavy atom. The molecule has 0 N–H and O–H groups in total. The minimum Gasteiger partial charge on any atom is -0.323 e. The first-order valence-corrected chi connectivity index (χ1v) is 12.4. The number of carbonyl (C=O) groups is 1. The van der Waals surface area contributed by atoms with Gasteiger partial charge < -0.3 is 4.57 Å². The molecule has 3 bridgehead atoms. The number of carbonyl (C=O) groups excluding carboxylic acids is 1. The number of ketones is 1. The van der Waals surface area contributed by atoms with Crippen molar-refractivity contribution in [2.24, 2.45) is 23.2 Å². The van der Waals surface area contributed by atoms with Gasteiger partial charge in [-0.15, -0.1) is 0 Å². The number of hydrogen-bond acceptors (Lipinski definition) is 2. The van der Waals surface area contributed by atoms with Crippen molar-refractivity contribution in [1.29, 1.82) is 0 Å². The van der Waals surface area contributed by atoms with Crippen LogP contribution in [0.1, 0.15) is 68.0 Å². The SMILES string of the molecule is O=C(CC1c2ccccc2-c2cncn21)C12CC3CC[C@@H](c4ccccc4)[C@@H](C1)C(C3)C2. The lowest BCUT2D eigenvalue weighted by Crippen LogP contribution is -2.36. The van der Waals surface area contributed by atoms with Gasteiger partial charge in [0.25, 0.3) is 0 Å². The van der Waals surface area contributed by atoms with Crippen LogP contribution in [0, 0.1) is 23.2 Å². The first-order chi connectivity index (χ1) is 15.7. The highest BCUT2D eigenvalue weighted by Crippen LogP contribution is 2.64. The second-order valence-corrected chi connectivity index (χ2v) is 10.9. The van der Waals surface area contributed by atoms with Gasteiger partial charge in [0.1, 0.15) is 5.78 Å². The monoisotopic (exact) mass is 422 g/mol. The number of nitrogens with zero attached hydrogens (tertiary/aromatic N) is 2. The number of hydrogen-bond donors (Lipinski definition) is 0. The van der Waals surface area contributed by atoms with E-state index in [2.05, 4.69) is 64.1 Å². The molecule has 1 aromatic heterocycles. The molecule has 3 aliphatic carbocycles. The first kappa shape index (κ1) is 18.8. The Morgan fingerprint density at radius 2 is 1.84 bits per heavy atom. The molecule has 4 aliphatic rings. The van der Waals surface area contributed by atoms with Gasteiger partial charge in [-0.1, -0.05) is 54.6 Å². The Kier molecular flexibility index (Phi) is 4.07. The van der Waals surface area contributed by atoms with E-state index in [0.29, 0.717) is 24.0 Å². The van der Waals surface area contributed by atoms with Crippen LogP contribution in [0.4, 0.5) is 0 Å². The molecule has 3 nitrogen and oxygen atoms in total. The lowest BCUT2D eigenvalue weighted by atomic mass is 9.66. The molecule has 4 unspecified atom stereocenters. The molecule has 0 spiro atoms. The maximum atomic E-state index is 14.1. The standard InChI is InChI=1S/C29H30N2O/c32-28(13-26-23-8-4-5-9-24(23)27-17-30-18-31(26)27)29-14-19-10-11-22(20-6-2-1-3-7-20)25(16-29)21(12-19)15-29/h1-9,17-19,21-22,25-26H,10-16H2/t19?,21?,22-,25-,26?,29?/m0/s1. The minimum atomic E-state index is -0.0933. The largest absolute Gasteiger partial charge is 0.323 e. The predicted octanol–water partition coefficient (Wildman–Crippen LogP) is 6.41. The summed E-state index contributed by atoms with van der Waals surface area (Å²) in [6, 6.07) is 19.8. The van der Waals surface area contributed by atoms with Crippen LogP contribution in [0.25, 0.3) is 11.3 Å². The first-order valence-electron chi connectivity index (χ1n) is 12.4. The molecule has 7 rings (SSSR count). The van der Waals surface area contributed by atoms with Crippen molar-refractivity contribution in [3.63, 3.8) is 0 Å². The van der Waals surface area contributed by atoms with E-state index in [0.717, 1.165) is 36.8 Å². The van der Waals surface area contributed by atoms with Crippen LogP contribution in [-0.4, -0.2) is 15.3 Å². The molecule has 0 radical (unpaired) electrons. The van der Waals surface area contributed by atoms with Crippen molar-refractivity contribution in [3.8, 4) is 11.3 Å². The summed E-state index contributed by atoms with van der Waals surface area (Å²) < 4.78 is 2.24. The van der Waals surface area contributed by atoms with Gasteiger partial charge in [-0.2, -0.15) is 0 Å². The van der Waals surface area contributed by atoms with E-state index < -0.39 is 0 Å². The molecule has 3 heteroatoms. The fourth-order valence-electron chi connectivity index (χ4n) is 8.15. The second kappa shape index (κ2) is 6.91. The number of rotatable bonds is 4. The minimum absolute atomic E-state index is 0.0933. The Balaban J connectivity index is 1.20. The summed E-state index contributed by atoms with van der Waals surface area (Å²) in [4.78, 5) is 18.5. The summed E-state index contributed by atoms with van der Waals surface area (Å²) in [7, 11) is 0. The fourth-order valence-corrected chi connectivity index (χ4v) is 8.15. The van der Waals surface area contributed by atoms with Gasteiger partial charge >= 0.3 is 0 Å². The summed E-state index contributed by atoms with van der Waals surface area (Å²) in [5.74, 6) is 3.29. The molecule has 3 fully saturated rings. The van der Waals surface area contributed by atoms with Crippen LogP contribution in [0.3, 0.4) is 0 Å². The Labute approximate surface area is 189 Å². The lowest BCUT2D eigenvalue weighted by Gasteiger charge is -2.38. The van der Waals surface area contributed by atoms with Crippen LogP contribution in [0.15, 0.2) is 67.1 Å². The second-order valence-electron chi connectivity index (χ2n) is 10.9. The number of Topliss-reactive ketones (excluding diaryl/α,β-unsaturated/α-hetero) is 1. The molecule has 2 aromatic carbocycles. The van der Waals surface area contributed by atoms with E-state index in [1.54, 1.807) is 0 Å². The van der Waals surface area contributed by atoms with Gasteiger partial charge in [0, 0.05) is 17.4 Å². The Hall–Kier alpha value is -2.68. The number of imidazole rings is 1. The Bertz CT molecular complexity index is 1180. The summed E-state index contributed by atoms with van der Waals surface area (Å²) in [5.41, 5.74) is 5.10. The maximum absolute atomic E-state index is 14.1. The predicted molar refractivity (Wildman–Crippen MR) is 125 cm³/mol. The molecular formula is C29H30N2O. The van der Waals surface area contributed by atoms with Crippen molar-refractivity contribution in [3.05, 3.63) is 78.2 Å². The molecule has 6 atom stereocenters. The van der Waals surface area contributed by atoms with Gasteiger partial charge in [-0.3, -0.25) is 4.79 Å². The molecule has 2 heterocycles. The quantitative estimate of drug-likeness (QED) is 0.487. The van der Waals surface area contributed by atoms with Crippen LogP contribution in [-0.2, 0) is 4.79 Å². The number of benzene rings is 2. The average molecular weight is 423 g/mol. The third-order valence-electron chi connectivity index (χ3n) is 9.40. The highest BCUT2D eigenvalue weighted by atomic mass is 16.1. The summed E-state index contributed by atoms with van der Waals surface area (Å²) in [6.07, 6.45) is 11.8. The highest BCUT2D eigenvalue weighted by Gasteiger charge is 2.57. The third kappa shape index (κ3) is 2.66. The molecule has 162 valence electrons. The third-order valence-corrected chi connectivity index (χ3v) is 9.40. The van der Waals surface area contributed by atoms with Crippen LogP contribution in [0.2, 0.25) is 0 Å². The van der Waals surface area contributed by atoms with Gasteiger partial charge in [-0.25, -0.2) is 4.98 Å². The zero-order chi connectivity index (χ0) is 21.3. The van der Waals surface area contributed by atoms with Crippen LogP contribution >= 0.6 is 0 Å². The van der Waals surface area contributed by atoms with Crippen molar-refractivity contribution in [2.75, 3.05) is 0 Å². The summed E-state index contributed by atoms with van der Waals surface area (Å²) in [5, 5.41) is 0. The molecule has 1 aliphatic heterocycles. The van der Waals surface area contributed by atoms with E-state index in [4.69, 9.17) is 0 Å². The van der Waals surface area contributed by atoms with E-state index in [1.165, 1.54) is 36.0 Å². The van der Waals surface area contributed by atoms with Gasteiger partial charge in [-0.05, 0) is 73.3 Å². The molecule has 32 heavy (non-hydrogen) atoms. The van der Waals surface area contributed by atoms with Crippen LogP contribution < -0.4 is 0 Å². The van der Waals surface area contributed by atoms with Gasteiger partial charge in [0.2, 0.25) is 0 Å². The summed E-state index contributed by atoms with van der Waals surface area (Å²) >= 11 is 0. The molecule has 3 aromatic rings. The van der Waals surface area contributed by atoms with Crippen molar-refractivity contribution >= 4 is 5.78 Å². The summed E-state index contributed by atoms with van der Waals surface area (Å²) in [6.45, 7) is 0. The van der Waals surface area contributed by atoms with Crippen molar-refractivity contribution in [2.45, 2.75) is 56.9 Å². The fraction of sp³-hybridized carbons (Fsp3) is 0.448. The van der Waals surface area contributed by atoms with E-state index >= 15 is 0 Å². The highest BCUT2D eigenvalue weighted by molar-refractivity contribution is 5.87. The lowest BCUT2D eigenvalue weighted by molar-refractivity contribution is -0.131. The van der Waals surface area contributed by atoms with E-state index in [9.17, 15) is 4.79 Å². The van der Waals surface area contributed by atoms with Gasteiger partial charge in [0.05, 0.1) is 24.3 Å². The molecule has 0 amide bonds. The zero-order valence-corrected chi connectivity index (χ0v) is 18.5. The maximum Gasteiger partial charge on any atom is 0.141 e. The zero-order valence-electron chi connectivity index (χ0n) is 18.5. The topological polar surface area (TPSA) is 34.9 Å². The molecular weight excluding hydrogens is 392 g/mol.